The van der Waals surface area contributed by atoms with Crippen LogP contribution in [0.15, 0.2) is 4.99 Å². The molecule has 0 saturated carbocycles. The van der Waals surface area contributed by atoms with Gasteiger partial charge < -0.3 is 4.90 Å². The second-order valence-corrected chi connectivity index (χ2v) is 2.11. The summed E-state index contributed by atoms with van der Waals surface area (Å²) >= 11 is 5.46. The Hall–Kier alpha value is -0.570. The number of hydrogen-bond acceptors (Lipinski definition) is 2. The average molecular weight is 147 g/mol. The summed E-state index contributed by atoms with van der Waals surface area (Å²) in [7, 11) is 0. The van der Waals surface area contributed by atoms with Crippen molar-refractivity contribution >= 4 is 23.3 Å². The number of amides is 1. The summed E-state index contributed by atoms with van der Waals surface area (Å²) in [5, 5.41) is 0. The largest absolute Gasteiger partial charge is 0.337 e. The van der Waals surface area contributed by atoms with E-state index in [0.717, 1.165) is 5.84 Å². The summed E-state index contributed by atoms with van der Waals surface area (Å²) < 4.78 is 0. The van der Waals surface area contributed by atoms with Crippen LogP contribution in [-0.2, 0) is 4.79 Å². The van der Waals surface area contributed by atoms with Gasteiger partial charge in [0.05, 0.1) is 6.00 Å². The minimum atomic E-state index is -0.104. The second-order valence-electron chi connectivity index (χ2n) is 1.87. The molecule has 0 unspecified atom stereocenters. The molecule has 0 aromatic heterocycles. The van der Waals surface area contributed by atoms with Crippen LogP contribution in [0.1, 0.15) is 6.92 Å². The molecule has 4 heteroatoms. The van der Waals surface area contributed by atoms with E-state index in [0.29, 0.717) is 12.5 Å². The fourth-order valence-corrected chi connectivity index (χ4v) is 0.950. The van der Waals surface area contributed by atoms with E-state index < -0.39 is 0 Å². The maximum absolute atomic E-state index is 10.5. The lowest BCUT2D eigenvalue weighted by molar-refractivity contribution is -0.116. The lowest BCUT2D eigenvalue weighted by atomic mass is 10.6. The number of halogens is 1. The summed E-state index contributed by atoms with van der Waals surface area (Å²) in [4.78, 5) is 15.9. The molecular weight excluding hydrogens is 140 g/mol. The number of rotatable bonds is 1. The van der Waals surface area contributed by atoms with Crippen LogP contribution in [0.25, 0.3) is 0 Å². The zero-order chi connectivity index (χ0) is 6.85. The molecular formula is C5H7ClN2O. The van der Waals surface area contributed by atoms with Crippen LogP contribution in [0.2, 0.25) is 0 Å². The van der Waals surface area contributed by atoms with Crippen LogP contribution in [0.4, 0.5) is 0 Å². The van der Waals surface area contributed by atoms with Gasteiger partial charge in [-0.2, -0.15) is 4.99 Å². The van der Waals surface area contributed by atoms with Gasteiger partial charge in [-0.1, -0.05) is 0 Å². The van der Waals surface area contributed by atoms with Gasteiger partial charge in [-0.15, -0.1) is 11.6 Å². The van der Waals surface area contributed by atoms with E-state index in [9.17, 15) is 4.79 Å². The van der Waals surface area contributed by atoms with E-state index >= 15 is 0 Å². The Kier molecular flexibility index (Phi) is 1.71. The molecule has 3 nitrogen and oxygen atoms in total. The third-order valence-corrected chi connectivity index (χ3v) is 1.50. The lowest BCUT2D eigenvalue weighted by Crippen LogP contribution is -2.24. The number of aliphatic imine (C=N–C) groups is 1. The van der Waals surface area contributed by atoms with Gasteiger partial charge >= 0.3 is 0 Å². The van der Waals surface area contributed by atoms with Gasteiger partial charge in [0.2, 0.25) is 0 Å². The fraction of sp³-hybridized carbons (Fsp3) is 0.600. The molecule has 0 spiro atoms. The Morgan fingerprint density at radius 2 is 2.56 bits per heavy atom. The molecule has 0 N–H and O–H groups in total. The van der Waals surface area contributed by atoms with Gasteiger partial charge in [-0.25, -0.2) is 0 Å². The summed E-state index contributed by atoms with van der Waals surface area (Å²) in [5.41, 5.74) is 0. The first-order valence-corrected chi connectivity index (χ1v) is 3.16. The van der Waals surface area contributed by atoms with Crippen molar-refractivity contribution in [1.82, 2.24) is 4.90 Å². The Bertz CT molecular complexity index is 166. The highest BCUT2D eigenvalue weighted by Gasteiger charge is 2.17. The lowest BCUT2D eigenvalue weighted by Gasteiger charge is -2.10. The Morgan fingerprint density at radius 3 is 2.78 bits per heavy atom. The van der Waals surface area contributed by atoms with Gasteiger partial charge in [0.15, 0.2) is 0 Å². The molecule has 50 valence electrons. The minimum Gasteiger partial charge on any atom is -0.337 e. The second kappa shape index (κ2) is 2.35. The van der Waals surface area contributed by atoms with Crippen LogP contribution in [0.5, 0.6) is 0 Å². The number of carbonyl (C=O) groups excluding carboxylic acids is 1. The summed E-state index contributed by atoms with van der Waals surface area (Å²) in [5.74, 6) is 0.614. The fourth-order valence-electron chi connectivity index (χ4n) is 0.693. The van der Waals surface area contributed by atoms with Crippen LogP contribution >= 0.6 is 11.6 Å². The normalized spacial score (nSPS) is 18.7. The zero-order valence-electron chi connectivity index (χ0n) is 5.09. The summed E-state index contributed by atoms with van der Waals surface area (Å²) in [6.45, 7) is 2.11. The predicted molar refractivity (Wildman–Crippen MR) is 35.5 cm³/mol. The molecule has 1 amide bonds. The van der Waals surface area contributed by atoms with E-state index in [1.165, 1.54) is 0 Å². The maximum Gasteiger partial charge on any atom is 0.266 e. The van der Waals surface area contributed by atoms with Gasteiger partial charge in [-0.3, -0.25) is 4.79 Å². The maximum atomic E-state index is 10.5. The SMILES string of the molecule is CC1=NC(=O)CN1CCl. The van der Waals surface area contributed by atoms with Crippen LogP contribution in [0, 0.1) is 0 Å². The van der Waals surface area contributed by atoms with Crippen molar-refractivity contribution in [3.8, 4) is 0 Å². The van der Waals surface area contributed by atoms with Crippen molar-refractivity contribution < 1.29 is 4.79 Å². The minimum absolute atomic E-state index is 0.104. The molecule has 0 saturated heterocycles. The van der Waals surface area contributed by atoms with E-state index in [1.54, 1.807) is 11.8 Å². The molecule has 1 rings (SSSR count). The number of carbonyl (C=O) groups is 1. The first-order valence-electron chi connectivity index (χ1n) is 2.63. The zero-order valence-corrected chi connectivity index (χ0v) is 5.85. The molecule has 0 aromatic rings. The molecule has 0 radical (unpaired) electrons. The van der Waals surface area contributed by atoms with Gasteiger partial charge in [0.25, 0.3) is 5.91 Å². The van der Waals surface area contributed by atoms with Gasteiger partial charge in [0.1, 0.15) is 12.4 Å². The van der Waals surface area contributed by atoms with Crippen molar-refractivity contribution in [2.75, 3.05) is 12.5 Å². The highest BCUT2D eigenvalue weighted by Crippen LogP contribution is 2.02. The van der Waals surface area contributed by atoms with Gasteiger partial charge in [-0.05, 0) is 6.92 Å². The average Bonchev–Trinajstić information content (AvgIpc) is 2.10. The first kappa shape index (κ1) is 6.55. The quantitative estimate of drug-likeness (QED) is 0.397. The van der Waals surface area contributed by atoms with E-state index in [-0.39, 0.29) is 5.91 Å². The Balaban J connectivity index is 2.64. The van der Waals surface area contributed by atoms with Crippen molar-refractivity contribution in [2.24, 2.45) is 4.99 Å². The van der Waals surface area contributed by atoms with Gasteiger partial charge in [0, 0.05) is 0 Å². The molecule has 0 aliphatic carbocycles. The van der Waals surface area contributed by atoms with E-state index in [1.807, 2.05) is 0 Å². The molecule has 0 atom stereocenters. The Labute approximate surface area is 58.3 Å². The molecule has 9 heavy (non-hydrogen) atoms. The van der Waals surface area contributed by atoms with Crippen LogP contribution in [-0.4, -0.2) is 29.2 Å². The van der Waals surface area contributed by atoms with Crippen molar-refractivity contribution in [1.29, 1.82) is 0 Å². The number of hydrogen-bond donors (Lipinski definition) is 0. The molecule has 1 aliphatic rings. The summed E-state index contributed by atoms with van der Waals surface area (Å²) in [6, 6.07) is 0.348. The standard InChI is InChI=1S/C5H7ClN2O/c1-4-7-5(9)2-8(4)3-6/h2-3H2,1H3. The predicted octanol–water partition coefficient (Wildman–Crippen LogP) is 0.443. The van der Waals surface area contributed by atoms with Crippen molar-refractivity contribution in [2.45, 2.75) is 6.92 Å². The third-order valence-electron chi connectivity index (χ3n) is 1.21. The van der Waals surface area contributed by atoms with Crippen molar-refractivity contribution in [3.63, 3.8) is 0 Å². The highest BCUT2D eigenvalue weighted by molar-refractivity contribution is 6.19. The molecule has 0 bridgehead atoms. The van der Waals surface area contributed by atoms with Crippen molar-refractivity contribution in [3.05, 3.63) is 0 Å². The van der Waals surface area contributed by atoms with E-state index in [2.05, 4.69) is 4.99 Å². The summed E-state index contributed by atoms with van der Waals surface area (Å²) in [6.07, 6.45) is 0. The number of alkyl halides is 1. The first-order chi connectivity index (χ1) is 4.24. The molecule has 1 aliphatic heterocycles. The molecule has 1 heterocycles. The smallest absolute Gasteiger partial charge is 0.266 e. The van der Waals surface area contributed by atoms with E-state index in [4.69, 9.17) is 11.6 Å². The number of nitrogens with zero attached hydrogens (tertiary/aromatic N) is 2. The Morgan fingerprint density at radius 1 is 1.89 bits per heavy atom. The topological polar surface area (TPSA) is 32.7 Å². The third kappa shape index (κ3) is 1.21. The highest BCUT2D eigenvalue weighted by atomic mass is 35.5. The van der Waals surface area contributed by atoms with Crippen LogP contribution < -0.4 is 0 Å². The monoisotopic (exact) mass is 146 g/mol. The van der Waals surface area contributed by atoms with Crippen LogP contribution in [0.3, 0.4) is 0 Å². The molecule has 0 fully saturated rings. The number of amidine groups is 1. The molecule has 0 aromatic carbocycles.